The SMILES string of the molecule is Brc1ccc2c(c1)CC[C@@H](c1ccccc1)O2. The Morgan fingerprint density at radius 1 is 1.06 bits per heavy atom. The summed E-state index contributed by atoms with van der Waals surface area (Å²) in [5.41, 5.74) is 2.56. The van der Waals surface area contributed by atoms with E-state index in [1.54, 1.807) is 0 Å². The molecule has 0 bridgehead atoms. The van der Waals surface area contributed by atoms with Gasteiger partial charge in [0.15, 0.2) is 0 Å². The molecule has 3 rings (SSSR count). The summed E-state index contributed by atoms with van der Waals surface area (Å²) in [5, 5.41) is 0. The van der Waals surface area contributed by atoms with Crippen molar-refractivity contribution >= 4 is 15.9 Å². The summed E-state index contributed by atoms with van der Waals surface area (Å²) in [6, 6.07) is 16.7. The molecular formula is C15H13BrO. The number of halogens is 1. The number of fused-ring (bicyclic) bond motifs is 1. The smallest absolute Gasteiger partial charge is 0.124 e. The van der Waals surface area contributed by atoms with Gasteiger partial charge in [-0.05, 0) is 42.2 Å². The van der Waals surface area contributed by atoms with E-state index in [-0.39, 0.29) is 6.10 Å². The first kappa shape index (κ1) is 10.8. The molecule has 0 unspecified atom stereocenters. The van der Waals surface area contributed by atoms with Crippen LogP contribution in [0.25, 0.3) is 0 Å². The van der Waals surface area contributed by atoms with E-state index in [9.17, 15) is 0 Å². The highest BCUT2D eigenvalue weighted by atomic mass is 79.9. The fourth-order valence-corrected chi connectivity index (χ4v) is 2.67. The second kappa shape index (κ2) is 4.53. The first-order valence-corrected chi connectivity index (χ1v) is 6.62. The summed E-state index contributed by atoms with van der Waals surface area (Å²) in [4.78, 5) is 0. The van der Waals surface area contributed by atoms with Gasteiger partial charge in [-0.3, -0.25) is 0 Å². The number of rotatable bonds is 1. The molecular weight excluding hydrogens is 276 g/mol. The Bertz CT molecular complexity index is 522. The number of hydrogen-bond donors (Lipinski definition) is 0. The molecule has 2 aromatic rings. The minimum absolute atomic E-state index is 0.199. The van der Waals surface area contributed by atoms with Crippen LogP contribution >= 0.6 is 15.9 Å². The van der Waals surface area contributed by atoms with Gasteiger partial charge in [-0.1, -0.05) is 46.3 Å². The Kier molecular flexibility index (Phi) is 2.89. The minimum atomic E-state index is 0.199. The van der Waals surface area contributed by atoms with E-state index in [1.807, 2.05) is 12.1 Å². The normalized spacial score (nSPS) is 18.3. The lowest BCUT2D eigenvalue weighted by molar-refractivity contribution is 0.176. The molecule has 1 aliphatic heterocycles. The van der Waals surface area contributed by atoms with Crippen molar-refractivity contribution in [3.8, 4) is 5.75 Å². The Morgan fingerprint density at radius 2 is 1.88 bits per heavy atom. The fraction of sp³-hybridized carbons (Fsp3) is 0.200. The van der Waals surface area contributed by atoms with Crippen molar-refractivity contribution in [3.63, 3.8) is 0 Å². The predicted molar refractivity (Wildman–Crippen MR) is 72.3 cm³/mol. The maximum Gasteiger partial charge on any atom is 0.124 e. The summed E-state index contributed by atoms with van der Waals surface area (Å²) >= 11 is 3.49. The van der Waals surface area contributed by atoms with Gasteiger partial charge in [0, 0.05) is 4.47 Å². The van der Waals surface area contributed by atoms with Crippen LogP contribution in [-0.4, -0.2) is 0 Å². The molecule has 0 fully saturated rings. The average molecular weight is 289 g/mol. The summed E-state index contributed by atoms with van der Waals surface area (Å²) in [5.74, 6) is 1.02. The highest BCUT2D eigenvalue weighted by molar-refractivity contribution is 9.10. The number of hydrogen-bond acceptors (Lipinski definition) is 1. The topological polar surface area (TPSA) is 9.23 Å². The summed E-state index contributed by atoms with van der Waals surface area (Å²) in [6.45, 7) is 0. The molecule has 0 aromatic heterocycles. The maximum absolute atomic E-state index is 6.05. The lowest BCUT2D eigenvalue weighted by Gasteiger charge is -2.26. The minimum Gasteiger partial charge on any atom is -0.485 e. The highest BCUT2D eigenvalue weighted by Gasteiger charge is 2.20. The first-order chi connectivity index (χ1) is 8.33. The van der Waals surface area contributed by atoms with Crippen LogP contribution in [0.2, 0.25) is 0 Å². The number of aryl methyl sites for hydroxylation is 1. The Hall–Kier alpha value is -1.28. The molecule has 1 aliphatic rings. The molecule has 1 atom stereocenters. The van der Waals surface area contributed by atoms with E-state index in [2.05, 4.69) is 52.3 Å². The van der Waals surface area contributed by atoms with Gasteiger partial charge in [-0.2, -0.15) is 0 Å². The summed E-state index contributed by atoms with van der Waals surface area (Å²) in [7, 11) is 0. The van der Waals surface area contributed by atoms with Crippen LogP contribution < -0.4 is 4.74 Å². The average Bonchev–Trinajstić information content (AvgIpc) is 2.39. The highest BCUT2D eigenvalue weighted by Crippen LogP contribution is 2.35. The predicted octanol–water partition coefficient (Wildman–Crippen LogP) is 4.52. The van der Waals surface area contributed by atoms with Crippen LogP contribution in [0.5, 0.6) is 5.75 Å². The van der Waals surface area contributed by atoms with E-state index >= 15 is 0 Å². The van der Waals surface area contributed by atoms with Gasteiger partial charge in [0.05, 0.1) is 0 Å². The molecule has 0 spiro atoms. The van der Waals surface area contributed by atoms with Crippen LogP contribution in [0.3, 0.4) is 0 Å². The molecule has 0 saturated heterocycles. The van der Waals surface area contributed by atoms with E-state index in [4.69, 9.17) is 4.74 Å². The summed E-state index contributed by atoms with van der Waals surface area (Å²) < 4.78 is 7.18. The molecule has 0 N–H and O–H groups in total. The van der Waals surface area contributed by atoms with Crippen LogP contribution in [-0.2, 0) is 6.42 Å². The quantitative estimate of drug-likeness (QED) is 0.750. The third-order valence-electron chi connectivity index (χ3n) is 3.14. The molecule has 0 amide bonds. The van der Waals surface area contributed by atoms with Crippen molar-refractivity contribution in [2.24, 2.45) is 0 Å². The molecule has 1 heterocycles. The van der Waals surface area contributed by atoms with Crippen molar-refractivity contribution in [2.75, 3.05) is 0 Å². The first-order valence-electron chi connectivity index (χ1n) is 5.83. The molecule has 0 radical (unpaired) electrons. The Labute approximate surface area is 110 Å². The number of ether oxygens (including phenoxy) is 1. The molecule has 1 nitrogen and oxygen atoms in total. The molecule has 86 valence electrons. The zero-order valence-corrected chi connectivity index (χ0v) is 11.0. The van der Waals surface area contributed by atoms with Crippen molar-refractivity contribution in [1.82, 2.24) is 0 Å². The van der Waals surface area contributed by atoms with E-state index in [0.29, 0.717) is 0 Å². The molecule has 2 heteroatoms. The van der Waals surface area contributed by atoms with Gasteiger partial charge in [0.2, 0.25) is 0 Å². The van der Waals surface area contributed by atoms with E-state index < -0.39 is 0 Å². The summed E-state index contributed by atoms with van der Waals surface area (Å²) in [6.07, 6.45) is 2.33. The van der Waals surface area contributed by atoms with Gasteiger partial charge in [-0.15, -0.1) is 0 Å². The molecule has 17 heavy (non-hydrogen) atoms. The fourth-order valence-electron chi connectivity index (χ4n) is 2.26. The van der Waals surface area contributed by atoms with Crippen LogP contribution in [0.4, 0.5) is 0 Å². The van der Waals surface area contributed by atoms with Crippen LogP contribution in [0.15, 0.2) is 53.0 Å². The molecule has 0 saturated carbocycles. The van der Waals surface area contributed by atoms with Gasteiger partial charge in [0.25, 0.3) is 0 Å². The van der Waals surface area contributed by atoms with E-state index in [1.165, 1.54) is 11.1 Å². The van der Waals surface area contributed by atoms with Crippen molar-refractivity contribution in [1.29, 1.82) is 0 Å². The lowest BCUT2D eigenvalue weighted by atomic mass is 9.98. The zero-order chi connectivity index (χ0) is 11.7. The standard InChI is InChI=1S/C15H13BrO/c16-13-7-9-15-12(10-13)6-8-14(17-15)11-4-2-1-3-5-11/h1-5,7,9-10,14H,6,8H2/t14-/m0/s1. The van der Waals surface area contributed by atoms with E-state index in [0.717, 1.165) is 23.1 Å². The zero-order valence-electron chi connectivity index (χ0n) is 9.40. The second-order valence-electron chi connectivity index (χ2n) is 4.31. The van der Waals surface area contributed by atoms with Gasteiger partial charge < -0.3 is 4.74 Å². The lowest BCUT2D eigenvalue weighted by Crippen LogP contribution is -2.14. The van der Waals surface area contributed by atoms with Gasteiger partial charge in [0.1, 0.15) is 11.9 Å². The van der Waals surface area contributed by atoms with Crippen molar-refractivity contribution in [3.05, 3.63) is 64.1 Å². The Morgan fingerprint density at radius 3 is 2.71 bits per heavy atom. The second-order valence-corrected chi connectivity index (χ2v) is 5.22. The van der Waals surface area contributed by atoms with Gasteiger partial charge in [-0.25, -0.2) is 0 Å². The largest absolute Gasteiger partial charge is 0.485 e. The van der Waals surface area contributed by atoms with Crippen LogP contribution in [0.1, 0.15) is 23.7 Å². The van der Waals surface area contributed by atoms with Gasteiger partial charge >= 0.3 is 0 Å². The number of benzene rings is 2. The third-order valence-corrected chi connectivity index (χ3v) is 3.63. The van der Waals surface area contributed by atoms with Crippen molar-refractivity contribution in [2.45, 2.75) is 18.9 Å². The monoisotopic (exact) mass is 288 g/mol. The maximum atomic E-state index is 6.05. The molecule has 0 aliphatic carbocycles. The molecule has 2 aromatic carbocycles. The van der Waals surface area contributed by atoms with Crippen molar-refractivity contribution < 1.29 is 4.74 Å². The van der Waals surface area contributed by atoms with Crippen LogP contribution in [0, 0.1) is 0 Å². The third kappa shape index (κ3) is 2.22. The Balaban J connectivity index is 1.88.